The zero-order chi connectivity index (χ0) is 18.7. The third-order valence-corrected chi connectivity index (χ3v) is 5.61. The lowest BCUT2D eigenvalue weighted by atomic mass is 9.85. The molecule has 0 radical (unpaired) electrons. The minimum Gasteiger partial charge on any atom is -0.335 e. The second-order valence-electron chi connectivity index (χ2n) is 7.70. The lowest BCUT2D eigenvalue weighted by molar-refractivity contribution is -0.140. The predicted molar refractivity (Wildman–Crippen MR) is 102 cm³/mol. The monoisotopic (exact) mass is 404 g/mol. The summed E-state index contributed by atoms with van der Waals surface area (Å²) in [5, 5.41) is 3.37. The van der Waals surface area contributed by atoms with Gasteiger partial charge in [-0.15, -0.1) is 12.4 Å². The number of nitrogens with one attached hydrogen (secondary N) is 1. The molecule has 2 aliphatic rings. The van der Waals surface area contributed by atoms with E-state index < -0.39 is 11.7 Å². The average molecular weight is 405 g/mol. The SMILES string of the molecule is CC(CC(=O)N(Cc1ccccc1C(F)(F)F)C1CC1)C1CCCNC1.Cl. The normalized spacial score (nSPS) is 21.3. The van der Waals surface area contributed by atoms with Gasteiger partial charge in [-0.1, -0.05) is 25.1 Å². The Morgan fingerprint density at radius 3 is 2.56 bits per heavy atom. The second kappa shape index (κ2) is 9.28. The van der Waals surface area contributed by atoms with Gasteiger partial charge in [0, 0.05) is 19.0 Å². The van der Waals surface area contributed by atoms with Crippen LogP contribution >= 0.6 is 12.4 Å². The van der Waals surface area contributed by atoms with Gasteiger partial charge in [-0.25, -0.2) is 0 Å². The molecule has 2 fully saturated rings. The van der Waals surface area contributed by atoms with Crippen LogP contribution in [-0.2, 0) is 17.5 Å². The summed E-state index contributed by atoms with van der Waals surface area (Å²) in [5.74, 6) is 0.702. The minimum atomic E-state index is -4.39. The highest BCUT2D eigenvalue weighted by Crippen LogP contribution is 2.35. The van der Waals surface area contributed by atoms with Crippen LogP contribution in [-0.4, -0.2) is 29.9 Å². The Labute approximate surface area is 165 Å². The molecule has 3 nitrogen and oxygen atoms in total. The van der Waals surface area contributed by atoms with E-state index in [2.05, 4.69) is 12.2 Å². The van der Waals surface area contributed by atoms with Crippen molar-refractivity contribution in [3.05, 3.63) is 35.4 Å². The summed E-state index contributed by atoms with van der Waals surface area (Å²) >= 11 is 0. The van der Waals surface area contributed by atoms with Crippen molar-refractivity contribution >= 4 is 18.3 Å². The average Bonchev–Trinajstić information content (AvgIpc) is 3.44. The van der Waals surface area contributed by atoms with Crippen LogP contribution in [0, 0.1) is 11.8 Å². The predicted octanol–water partition coefficient (Wildman–Crippen LogP) is 4.64. The molecule has 1 saturated heterocycles. The van der Waals surface area contributed by atoms with Crippen molar-refractivity contribution < 1.29 is 18.0 Å². The fraction of sp³-hybridized carbons (Fsp3) is 0.650. The van der Waals surface area contributed by atoms with E-state index in [-0.39, 0.29) is 42.4 Å². The first-order valence-electron chi connectivity index (χ1n) is 9.51. The number of rotatable bonds is 6. The molecule has 0 spiro atoms. The number of alkyl halides is 3. The first-order valence-corrected chi connectivity index (χ1v) is 9.51. The molecule has 1 aliphatic carbocycles. The van der Waals surface area contributed by atoms with Gasteiger partial charge in [0.2, 0.25) is 5.91 Å². The maximum Gasteiger partial charge on any atom is 0.416 e. The van der Waals surface area contributed by atoms with Crippen LogP contribution in [0.2, 0.25) is 0 Å². The largest absolute Gasteiger partial charge is 0.416 e. The number of halogens is 4. The lowest BCUT2D eigenvalue weighted by Crippen LogP contribution is -2.38. The summed E-state index contributed by atoms with van der Waals surface area (Å²) in [6, 6.07) is 5.69. The highest BCUT2D eigenvalue weighted by Gasteiger charge is 2.37. The van der Waals surface area contributed by atoms with Gasteiger partial charge in [0.15, 0.2) is 0 Å². The summed E-state index contributed by atoms with van der Waals surface area (Å²) in [4.78, 5) is 14.5. The van der Waals surface area contributed by atoms with E-state index in [0.29, 0.717) is 12.3 Å². The maximum absolute atomic E-state index is 13.3. The zero-order valence-corrected chi connectivity index (χ0v) is 16.4. The number of carbonyl (C=O) groups is 1. The number of nitrogens with zero attached hydrogens (tertiary/aromatic N) is 1. The quantitative estimate of drug-likeness (QED) is 0.748. The van der Waals surface area contributed by atoms with Crippen LogP contribution in [0.15, 0.2) is 24.3 Å². The molecule has 1 N–H and O–H groups in total. The Balaban J connectivity index is 0.00000261. The topological polar surface area (TPSA) is 32.3 Å². The first-order chi connectivity index (χ1) is 12.4. The number of hydrogen-bond acceptors (Lipinski definition) is 2. The standard InChI is InChI=1S/C20H27F3N2O.ClH/c1-14(15-6-4-10-24-12-15)11-19(26)25(17-8-9-17)13-16-5-2-3-7-18(16)20(21,22)23;/h2-3,5,7,14-15,17,24H,4,6,8-13H2,1H3;1H. The van der Waals surface area contributed by atoms with E-state index in [1.807, 2.05) is 0 Å². The van der Waals surface area contributed by atoms with E-state index in [4.69, 9.17) is 0 Å². The Kier molecular flexibility index (Phi) is 7.57. The van der Waals surface area contributed by atoms with Crippen LogP contribution in [0.1, 0.15) is 50.2 Å². The fourth-order valence-electron chi connectivity index (χ4n) is 3.85. The zero-order valence-electron chi connectivity index (χ0n) is 15.6. The minimum absolute atomic E-state index is 0. The Bertz CT molecular complexity index is 628. The molecule has 27 heavy (non-hydrogen) atoms. The molecular formula is C20H28ClF3N2O. The van der Waals surface area contributed by atoms with Gasteiger partial charge in [-0.05, 0) is 62.2 Å². The van der Waals surface area contributed by atoms with Crippen LogP contribution < -0.4 is 5.32 Å². The van der Waals surface area contributed by atoms with Gasteiger partial charge in [-0.2, -0.15) is 13.2 Å². The highest BCUT2D eigenvalue weighted by atomic mass is 35.5. The molecule has 0 aromatic heterocycles. The molecular weight excluding hydrogens is 377 g/mol. The van der Waals surface area contributed by atoms with Crippen LogP contribution in [0.3, 0.4) is 0 Å². The highest BCUT2D eigenvalue weighted by molar-refractivity contribution is 5.85. The van der Waals surface area contributed by atoms with Gasteiger partial charge < -0.3 is 10.2 Å². The van der Waals surface area contributed by atoms with Crippen LogP contribution in [0.5, 0.6) is 0 Å². The summed E-state index contributed by atoms with van der Waals surface area (Å²) in [6.07, 6.45) is 0.0296. The molecule has 1 amide bonds. The first kappa shape index (κ1) is 22.0. The number of carbonyl (C=O) groups excluding carboxylic acids is 1. The van der Waals surface area contributed by atoms with Gasteiger partial charge in [-0.3, -0.25) is 4.79 Å². The van der Waals surface area contributed by atoms with Gasteiger partial charge in [0.1, 0.15) is 0 Å². The molecule has 152 valence electrons. The maximum atomic E-state index is 13.3. The van der Waals surface area contributed by atoms with E-state index in [1.165, 1.54) is 12.1 Å². The number of hydrogen-bond donors (Lipinski definition) is 1. The summed E-state index contributed by atoms with van der Waals surface area (Å²) < 4.78 is 39.8. The van der Waals surface area contributed by atoms with Crippen molar-refractivity contribution in [3.8, 4) is 0 Å². The lowest BCUT2D eigenvalue weighted by Gasteiger charge is -2.30. The van der Waals surface area contributed by atoms with E-state index in [9.17, 15) is 18.0 Å². The van der Waals surface area contributed by atoms with Crippen molar-refractivity contribution in [2.24, 2.45) is 11.8 Å². The smallest absolute Gasteiger partial charge is 0.335 e. The fourth-order valence-corrected chi connectivity index (χ4v) is 3.85. The molecule has 2 unspecified atom stereocenters. The van der Waals surface area contributed by atoms with E-state index >= 15 is 0 Å². The third-order valence-electron chi connectivity index (χ3n) is 5.61. The molecule has 1 aliphatic heterocycles. The second-order valence-corrected chi connectivity index (χ2v) is 7.70. The molecule has 1 saturated carbocycles. The van der Waals surface area contributed by atoms with Crippen molar-refractivity contribution in [3.63, 3.8) is 0 Å². The van der Waals surface area contributed by atoms with Crippen molar-refractivity contribution in [2.45, 2.75) is 57.8 Å². The van der Waals surface area contributed by atoms with Crippen molar-refractivity contribution in [1.29, 1.82) is 0 Å². The van der Waals surface area contributed by atoms with Crippen LogP contribution in [0.25, 0.3) is 0 Å². The molecule has 1 aromatic rings. The van der Waals surface area contributed by atoms with Gasteiger partial charge in [0.25, 0.3) is 0 Å². The van der Waals surface area contributed by atoms with Crippen molar-refractivity contribution in [2.75, 3.05) is 13.1 Å². The van der Waals surface area contributed by atoms with Gasteiger partial charge in [0.05, 0.1) is 5.56 Å². The summed E-state index contributed by atoms with van der Waals surface area (Å²) in [5.41, 5.74) is -0.449. The Hall–Kier alpha value is -1.27. The Morgan fingerprint density at radius 2 is 1.96 bits per heavy atom. The van der Waals surface area contributed by atoms with Crippen LogP contribution in [0.4, 0.5) is 13.2 Å². The summed E-state index contributed by atoms with van der Waals surface area (Å²) in [7, 11) is 0. The molecule has 7 heteroatoms. The van der Waals surface area contributed by atoms with E-state index in [0.717, 1.165) is 44.8 Å². The number of amides is 1. The molecule has 2 atom stereocenters. The summed E-state index contributed by atoms with van der Waals surface area (Å²) in [6.45, 7) is 4.09. The molecule has 1 heterocycles. The Morgan fingerprint density at radius 1 is 1.26 bits per heavy atom. The van der Waals surface area contributed by atoms with E-state index in [1.54, 1.807) is 11.0 Å². The number of piperidine rings is 1. The van der Waals surface area contributed by atoms with Crippen molar-refractivity contribution in [1.82, 2.24) is 10.2 Å². The molecule has 3 rings (SSSR count). The van der Waals surface area contributed by atoms with Gasteiger partial charge >= 0.3 is 6.18 Å². The number of benzene rings is 1. The molecule has 1 aromatic carbocycles. The molecule has 0 bridgehead atoms. The third kappa shape index (κ3) is 5.85.